The molecule has 368 valence electrons. The molecule has 0 spiro atoms. The van der Waals surface area contributed by atoms with Crippen molar-refractivity contribution >= 4 is 68.6 Å². The van der Waals surface area contributed by atoms with Crippen molar-refractivity contribution in [2.45, 2.75) is 76.7 Å². The maximum absolute atomic E-state index is 2.80. The lowest BCUT2D eigenvalue weighted by Crippen LogP contribution is -2.61. The van der Waals surface area contributed by atoms with E-state index in [4.69, 9.17) is 0 Å². The number of fused-ring (bicyclic) bond motifs is 7. The van der Waals surface area contributed by atoms with Crippen LogP contribution < -0.4 is 31.1 Å². The molecule has 0 saturated heterocycles. The summed E-state index contributed by atoms with van der Waals surface area (Å²) in [6.45, 7) is 12.2. The van der Waals surface area contributed by atoms with Gasteiger partial charge in [0.1, 0.15) is 0 Å². The first-order valence-electron chi connectivity index (χ1n) is 27.5. The molecule has 3 aliphatic heterocycles. The number of anilines is 8. The summed E-state index contributed by atoms with van der Waals surface area (Å²) in [5.74, 6) is 0. The van der Waals surface area contributed by atoms with Crippen molar-refractivity contribution in [2.24, 2.45) is 0 Å². The number of hydrogen-bond donors (Lipinski definition) is 0. The largest absolute Gasteiger partial charge is 0.334 e. The molecule has 3 heterocycles. The Morgan fingerprint density at radius 2 is 0.868 bits per heavy atom. The zero-order valence-corrected chi connectivity index (χ0v) is 44.3. The maximum atomic E-state index is 2.80. The van der Waals surface area contributed by atoms with Crippen molar-refractivity contribution in [3.63, 3.8) is 0 Å². The van der Waals surface area contributed by atoms with Gasteiger partial charge in [0.2, 0.25) is 0 Å². The minimum Gasteiger partial charge on any atom is -0.334 e. The first-order valence-corrected chi connectivity index (χ1v) is 27.5. The van der Waals surface area contributed by atoms with Gasteiger partial charge in [-0.05, 0) is 152 Å². The molecule has 0 radical (unpaired) electrons. The fourth-order valence-corrected chi connectivity index (χ4v) is 13.8. The normalized spacial score (nSPS) is 18.1. The second kappa shape index (κ2) is 17.6. The Kier molecular flexibility index (Phi) is 10.7. The zero-order chi connectivity index (χ0) is 51.3. The fourth-order valence-electron chi connectivity index (χ4n) is 13.8. The second-order valence-electron chi connectivity index (χ2n) is 23.2. The highest BCUT2D eigenvalue weighted by atomic mass is 15.3. The van der Waals surface area contributed by atoms with Crippen molar-refractivity contribution < 1.29 is 0 Å². The minimum absolute atomic E-state index is 0.0278. The summed E-state index contributed by atoms with van der Waals surface area (Å²) < 4.78 is 0. The summed E-state index contributed by atoms with van der Waals surface area (Å²) >= 11 is 0. The maximum Gasteiger partial charge on any atom is 0.252 e. The third kappa shape index (κ3) is 7.25. The lowest BCUT2D eigenvalue weighted by molar-refractivity contribution is 0.195. The van der Waals surface area contributed by atoms with Crippen LogP contribution in [0.2, 0.25) is 0 Å². The van der Waals surface area contributed by atoms with Gasteiger partial charge >= 0.3 is 0 Å². The van der Waals surface area contributed by atoms with Gasteiger partial charge in [0, 0.05) is 50.9 Å². The quantitative estimate of drug-likeness (QED) is 0.147. The summed E-state index contributed by atoms with van der Waals surface area (Å²) in [6, 6.07) is 89.2. The van der Waals surface area contributed by atoms with Crippen LogP contribution in [-0.4, -0.2) is 12.3 Å². The molecule has 0 N–H and O–H groups in total. The molecule has 1 fully saturated rings. The highest BCUT2D eigenvalue weighted by Gasteiger charge is 2.58. The molecule has 10 aromatic rings. The Morgan fingerprint density at radius 1 is 0.368 bits per heavy atom. The van der Waals surface area contributed by atoms with E-state index in [9.17, 15) is 0 Å². The van der Waals surface area contributed by atoms with Crippen molar-refractivity contribution in [1.82, 2.24) is 0 Å². The van der Waals surface area contributed by atoms with Gasteiger partial charge < -0.3 is 14.7 Å². The minimum atomic E-state index is -0.172. The van der Waals surface area contributed by atoms with Crippen LogP contribution in [0.15, 0.2) is 237 Å². The van der Waals surface area contributed by atoms with Crippen LogP contribution in [-0.2, 0) is 10.8 Å². The molecule has 2 unspecified atom stereocenters. The number of rotatable bonds is 7. The molecule has 4 heteroatoms. The van der Waals surface area contributed by atoms with Gasteiger partial charge in [-0.25, -0.2) is 0 Å². The molecular formula is C72H62BN3. The van der Waals surface area contributed by atoms with Crippen molar-refractivity contribution in [2.75, 3.05) is 14.7 Å². The van der Waals surface area contributed by atoms with Crippen LogP contribution in [0.25, 0.3) is 44.5 Å². The van der Waals surface area contributed by atoms with Gasteiger partial charge in [0.15, 0.2) is 0 Å². The molecule has 4 aliphatic rings. The van der Waals surface area contributed by atoms with Gasteiger partial charge in [0.05, 0.1) is 5.54 Å². The van der Waals surface area contributed by atoms with Gasteiger partial charge in [0.25, 0.3) is 6.71 Å². The molecule has 1 saturated carbocycles. The molecule has 0 aromatic heterocycles. The van der Waals surface area contributed by atoms with Gasteiger partial charge in [-0.15, -0.1) is 0 Å². The summed E-state index contributed by atoms with van der Waals surface area (Å²) in [6.07, 6.45) is 4.70. The highest BCUT2D eigenvalue weighted by molar-refractivity contribution is 7.00. The molecule has 0 bridgehead atoms. The summed E-state index contributed by atoms with van der Waals surface area (Å²) in [7, 11) is 0. The molecule has 10 aromatic carbocycles. The number of hydrogen-bond acceptors (Lipinski definition) is 3. The van der Waals surface area contributed by atoms with E-state index in [0.29, 0.717) is 0 Å². The van der Waals surface area contributed by atoms with Crippen LogP contribution >= 0.6 is 0 Å². The Bertz CT molecular complexity index is 3850. The summed E-state index contributed by atoms with van der Waals surface area (Å²) in [5, 5.41) is 0. The van der Waals surface area contributed by atoms with E-state index in [0.717, 1.165) is 24.2 Å². The van der Waals surface area contributed by atoms with Crippen LogP contribution in [0.3, 0.4) is 0 Å². The van der Waals surface area contributed by atoms with Crippen molar-refractivity contribution in [3.8, 4) is 44.5 Å². The first-order chi connectivity index (χ1) is 37.1. The van der Waals surface area contributed by atoms with E-state index < -0.39 is 0 Å². The van der Waals surface area contributed by atoms with E-state index in [1.54, 1.807) is 0 Å². The van der Waals surface area contributed by atoms with Crippen LogP contribution in [0.5, 0.6) is 0 Å². The lowest BCUT2D eigenvalue weighted by Gasteiger charge is -2.51. The van der Waals surface area contributed by atoms with Gasteiger partial charge in [-0.3, -0.25) is 0 Å². The third-order valence-corrected chi connectivity index (χ3v) is 17.9. The average Bonchev–Trinajstić information content (AvgIpc) is 3.75. The van der Waals surface area contributed by atoms with Crippen LogP contribution in [0.1, 0.15) is 71.4 Å². The second-order valence-corrected chi connectivity index (χ2v) is 23.2. The SMILES string of the molecule is CC(C)(C)c1ccc2c(c1)C1(C)CCCCC1(C)N2c1cc2c3c(c1)N(c1cccc(-c4ccccc4)c1)c1cc(-c4ccccc4)ccc1B3c1cc(-c3ccccc3)ccc1N2c1ccc(-c2ccccc2)cc1. The molecule has 2 atom stereocenters. The predicted octanol–water partition coefficient (Wildman–Crippen LogP) is 17.5. The average molecular weight is 980 g/mol. The topological polar surface area (TPSA) is 9.72 Å². The van der Waals surface area contributed by atoms with Crippen molar-refractivity contribution in [1.29, 1.82) is 0 Å². The van der Waals surface area contributed by atoms with Gasteiger partial charge in [-0.1, -0.05) is 223 Å². The Hall–Kier alpha value is -8.34. The molecule has 0 amide bonds. The van der Waals surface area contributed by atoms with E-state index in [2.05, 4.69) is 286 Å². The first kappa shape index (κ1) is 46.2. The number of benzene rings is 10. The predicted molar refractivity (Wildman–Crippen MR) is 324 cm³/mol. The lowest BCUT2D eigenvalue weighted by atomic mass is 9.33. The van der Waals surface area contributed by atoms with E-state index in [1.165, 1.54) is 119 Å². The Balaban J connectivity index is 1.09. The van der Waals surface area contributed by atoms with E-state index in [-0.39, 0.29) is 23.1 Å². The van der Waals surface area contributed by atoms with Gasteiger partial charge in [-0.2, -0.15) is 0 Å². The molecule has 14 rings (SSSR count). The molecule has 1 aliphatic carbocycles. The third-order valence-electron chi connectivity index (χ3n) is 17.9. The Labute approximate surface area is 449 Å². The van der Waals surface area contributed by atoms with Crippen LogP contribution in [0, 0.1) is 0 Å². The zero-order valence-electron chi connectivity index (χ0n) is 44.3. The highest BCUT2D eigenvalue weighted by Crippen LogP contribution is 2.62. The van der Waals surface area contributed by atoms with Crippen LogP contribution in [0.4, 0.5) is 45.5 Å². The fraction of sp³-hybridized carbons (Fsp3) is 0.167. The standard InChI is InChI=1S/C72H62BN3/c1-70(2,3)57-35-40-64-61(46-57)71(4)41-18-19-42-72(71,5)76(64)60-47-67-69-68(48-60)75(59-30-20-29-54(43-59)50-23-12-7-13-24-50)66-45-56(52-27-16-9-17-28-52)33-38-62(66)73(69)63-44-55(51-25-14-8-15-26-51)34-39-65(63)74(67)58-36-31-53(32-37-58)49-21-10-6-11-22-49/h6-17,20-40,43-48H,18-19,41-42H2,1-5H3. The molecular weight excluding hydrogens is 918 g/mol. The summed E-state index contributed by atoms with van der Waals surface area (Å²) in [4.78, 5) is 8.03. The molecule has 3 nitrogen and oxygen atoms in total. The monoisotopic (exact) mass is 980 g/mol. The Morgan fingerprint density at radius 3 is 1.49 bits per heavy atom. The smallest absolute Gasteiger partial charge is 0.252 e. The van der Waals surface area contributed by atoms with Crippen molar-refractivity contribution in [3.05, 3.63) is 248 Å². The van der Waals surface area contributed by atoms with E-state index in [1.807, 2.05) is 0 Å². The summed E-state index contributed by atoms with van der Waals surface area (Å²) in [5.41, 5.74) is 25.9. The number of nitrogens with zero attached hydrogens (tertiary/aromatic N) is 3. The molecule has 76 heavy (non-hydrogen) atoms. The van der Waals surface area contributed by atoms with E-state index >= 15 is 0 Å².